The summed E-state index contributed by atoms with van der Waals surface area (Å²) in [5.41, 5.74) is 4.01. The Balaban J connectivity index is 0.00000225. The summed E-state index contributed by atoms with van der Waals surface area (Å²) in [6, 6.07) is 18.1. The van der Waals surface area contributed by atoms with E-state index in [4.69, 9.17) is 0 Å². The van der Waals surface area contributed by atoms with Gasteiger partial charge >= 0.3 is 0 Å². The van der Waals surface area contributed by atoms with E-state index < -0.39 is 0 Å². The molecule has 1 saturated heterocycles. The Bertz CT molecular complexity index is 935. The Hall–Kier alpha value is -2.70. The molecule has 6 nitrogen and oxygen atoms in total. The fourth-order valence-electron chi connectivity index (χ4n) is 3.59. The fourth-order valence-corrected chi connectivity index (χ4v) is 3.59. The average Bonchev–Trinajstić information content (AvgIpc) is 3.11. The van der Waals surface area contributed by atoms with Crippen LogP contribution in [0.5, 0.6) is 0 Å². The van der Waals surface area contributed by atoms with Gasteiger partial charge in [0, 0.05) is 11.3 Å². The van der Waals surface area contributed by atoms with Gasteiger partial charge in [-0.1, -0.05) is 53.7 Å². The summed E-state index contributed by atoms with van der Waals surface area (Å²) in [4.78, 5) is 12.9. The second-order valence-corrected chi connectivity index (χ2v) is 6.81. The van der Waals surface area contributed by atoms with E-state index in [1.807, 2.05) is 66.2 Å². The Morgan fingerprint density at radius 3 is 2.50 bits per heavy atom. The summed E-state index contributed by atoms with van der Waals surface area (Å²) in [5.74, 6) is -0.226. The molecule has 3 aromatic rings. The molecule has 1 amide bonds. The number of halogens is 1. The standard InChI is InChI=1S/C21H23N5O.ClH/c1-15-20(24-25-26(15)17-11-13-22-14-12-17)21(27)23-19-10-6-5-9-18(19)16-7-3-2-4-8-16;/h2-10,17,22H,11-14H2,1H3,(H,23,27);1H. The summed E-state index contributed by atoms with van der Waals surface area (Å²) in [6.07, 6.45) is 2.00. The SMILES string of the molecule is Cc1c(C(=O)Nc2ccccc2-c2ccccc2)nnn1C1CCNCC1.Cl. The first kappa shape index (κ1) is 20.0. The zero-order chi connectivity index (χ0) is 18.6. The van der Waals surface area contributed by atoms with E-state index in [2.05, 4.69) is 20.9 Å². The average molecular weight is 398 g/mol. The minimum atomic E-state index is -0.226. The highest BCUT2D eigenvalue weighted by molar-refractivity contribution is 6.05. The van der Waals surface area contributed by atoms with Crippen LogP contribution in [0.4, 0.5) is 5.69 Å². The van der Waals surface area contributed by atoms with Crippen molar-refractivity contribution in [1.82, 2.24) is 20.3 Å². The summed E-state index contributed by atoms with van der Waals surface area (Å²) < 4.78 is 1.90. The number of aromatic nitrogens is 3. The van der Waals surface area contributed by atoms with Crippen molar-refractivity contribution in [2.45, 2.75) is 25.8 Å². The van der Waals surface area contributed by atoms with Crippen molar-refractivity contribution in [3.05, 3.63) is 66.0 Å². The highest BCUT2D eigenvalue weighted by atomic mass is 35.5. The number of amides is 1. The van der Waals surface area contributed by atoms with Crippen molar-refractivity contribution < 1.29 is 4.79 Å². The van der Waals surface area contributed by atoms with Crippen molar-refractivity contribution >= 4 is 24.0 Å². The van der Waals surface area contributed by atoms with Crippen LogP contribution in [0.3, 0.4) is 0 Å². The van der Waals surface area contributed by atoms with Crippen LogP contribution >= 0.6 is 12.4 Å². The number of piperidine rings is 1. The molecule has 146 valence electrons. The van der Waals surface area contributed by atoms with Gasteiger partial charge in [0.05, 0.1) is 11.7 Å². The van der Waals surface area contributed by atoms with E-state index in [9.17, 15) is 4.79 Å². The van der Waals surface area contributed by atoms with Crippen LogP contribution in [0.2, 0.25) is 0 Å². The van der Waals surface area contributed by atoms with Gasteiger partial charge in [-0.05, 0) is 44.5 Å². The highest BCUT2D eigenvalue weighted by Crippen LogP contribution is 2.28. The lowest BCUT2D eigenvalue weighted by atomic mass is 10.0. The maximum atomic E-state index is 12.9. The smallest absolute Gasteiger partial charge is 0.278 e. The number of hydrogen-bond acceptors (Lipinski definition) is 4. The molecule has 1 fully saturated rings. The topological polar surface area (TPSA) is 71.8 Å². The van der Waals surface area contributed by atoms with Crippen molar-refractivity contribution in [1.29, 1.82) is 0 Å². The first-order chi connectivity index (χ1) is 13.2. The lowest BCUT2D eigenvalue weighted by Crippen LogP contribution is -2.30. The molecular formula is C21H24ClN5O. The number of benzene rings is 2. The predicted octanol–water partition coefficient (Wildman–Crippen LogP) is 3.85. The first-order valence-corrected chi connectivity index (χ1v) is 9.32. The normalized spacial score (nSPS) is 14.3. The third-order valence-electron chi connectivity index (χ3n) is 5.06. The first-order valence-electron chi connectivity index (χ1n) is 9.32. The second-order valence-electron chi connectivity index (χ2n) is 6.81. The van der Waals surface area contributed by atoms with Crippen molar-refractivity contribution in [3.8, 4) is 11.1 Å². The maximum Gasteiger partial charge on any atom is 0.278 e. The van der Waals surface area contributed by atoms with Gasteiger partial charge in [0.1, 0.15) is 0 Å². The quantitative estimate of drug-likeness (QED) is 0.701. The molecule has 1 aliphatic heterocycles. The number of carbonyl (C=O) groups is 1. The molecule has 0 spiro atoms. The molecule has 0 atom stereocenters. The third-order valence-corrected chi connectivity index (χ3v) is 5.06. The van der Waals surface area contributed by atoms with Crippen LogP contribution in [-0.2, 0) is 0 Å². The van der Waals surface area contributed by atoms with Crippen LogP contribution in [0, 0.1) is 6.92 Å². The number of hydrogen-bond donors (Lipinski definition) is 2. The lowest BCUT2D eigenvalue weighted by molar-refractivity contribution is 0.102. The Morgan fingerprint density at radius 1 is 1.07 bits per heavy atom. The molecule has 0 unspecified atom stereocenters. The summed E-state index contributed by atoms with van der Waals surface area (Å²) in [6.45, 7) is 3.85. The molecule has 0 bridgehead atoms. The van der Waals surface area contributed by atoms with Gasteiger partial charge in [-0.3, -0.25) is 4.79 Å². The van der Waals surface area contributed by atoms with Crippen molar-refractivity contribution in [2.24, 2.45) is 0 Å². The monoisotopic (exact) mass is 397 g/mol. The second kappa shape index (κ2) is 8.99. The van der Waals surface area contributed by atoms with Gasteiger partial charge in [-0.2, -0.15) is 0 Å². The maximum absolute atomic E-state index is 12.9. The zero-order valence-corrected chi connectivity index (χ0v) is 16.6. The molecule has 0 radical (unpaired) electrons. The summed E-state index contributed by atoms with van der Waals surface area (Å²) in [7, 11) is 0. The fraction of sp³-hybridized carbons (Fsp3) is 0.286. The molecule has 4 rings (SSSR count). The van der Waals surface area contributed by atoms with Crippen LogP contribution in [0.15, 0.2) is 54.6 Å². The number of anilines is 1. The van der Waals surface area contributed by atoms with E-state index in [1.165, 1.54) is 0 Å². The summed E-state index contributed by atoms with van der Waals surface area (Å²) >= 11 is 0. The van der Waals surface area contributed by atoms with E-state index in [1.54, 1.807) is 0 Å². The molecule has 2 heterocycles. The molecule has 1 aliphatic rings. The molecule has 7 heteroatoms. The number of carbonyl (C=O) groups excluding carboxylic acids is 1. The van der Waals surface area contributed by atoms with E-state index in [-0.39, 0.29) is 18.3 Å². The lowest BCUT2D eigenvalue weighted by Gasteiger charge is -2.23. The summed E-state index contributed by atoms with van der Waals surface area (Å²) in [5, 5.41) is 14.8. The highest BCUT2D eigenvalue weighted by Gasteiger charge is 2.23. The van der Waals surface area contributed by atoms with Crippen molar-refractivity contribution in [3.63, 3.8) is 0 Å². The van der Waals surface area contributed by atoms with Gasteiger partial charge in [-0.15, -0.1) is 17.5 Å². The number of nitrogens with one attached hydrogen (secondary N) is 2. The molecule has 0 saturated carbocycles. The van der Waals surface area contributed by atoms with Crippen LogP contribution in [0.1, 0.15) is 35.1 Å². The van der Waals surface area contributed by atoms with Gasteiger partial charge in [0.2, 0.25) is 0 Å². The number of nitrogens with zero attached hydrogens (tertiary/aromatic N) is 3. The van der Waals surface area contributed by atoms with Gasteiger partial charge in [0.25, 0.3) is 5.91 Å². The third kappa shape index (κ3) is 4.08. The minimum absolute atomic E-state index is 0. The molecule has 1 aromatic heterocycles. The van der Waals surface area contributed by atoms with E-state index in [0.29, 0.717) is 11.7 Å². The Kier molecular flexibility index (Phi) is 6.44. The largest absolute Gasteiger partial charge is 0.320 e. The number of rotatable bonds is 4. The Labute approximate surface area is 170 Å². The van der Waals surface area contributed by atoms with Gasteiger partial charge < -0.3 is 10.6 Å². The van der Waals surface area contributed by atoms with E-state index in [0.717, 1.165) is 48.4 Å². The predicted molar refractivity (Wildman–Crippen MR) is 113 cm³/mol. The minimum Gasteiger partial charge on any atom is -0.320 e. The molecule has 2 aromatic carbocycles. The van der Waals surface area contributed by atoms with Gasteiger partial charge in [0.15, 0.2) is 5.69 Å². The van der Waals surface area contributed by atoms with Crippen LogP contribution < -0.4 is 10.6 Å². The zero-order valence-electron chi connectivity index (χ0n) is 15.8. The number of para-hydroxylation sites is 1. The molecular weight excluding hydrogens is 374 g/mol. The van der Waals surface area contributed by atoms with Crippen LogP contribution in [-0.4, -0.2) is 34.0 Å². The Morgan fingerprint density at radius 2 is 1.75 bits per heavy atom. The molecule has 2 N–H and O–H groups in total. The van der Waals surface area contributed by atoms with E-state index >= 15 is 0 Å². The van der Waals surface area contributed by atoms with Crippen LogP contribution in [0.25, 0.3) is 11.1 Å². The van der Waals surface area contributed by atoms with Crippen molar-refractivity contribution in [2.75, 3.05) is 18.4 Å². The van der Waals surface area contributed by atoms with Gasteiger partial charge in [-0.25, -0.2) is 4.68 Å². The molecule has 0 aliphatic carbocycles. The molecule has 28 heavy (non-hydrogen) atoms.